The van der Waals surface area contributed by atoms with Crippen LogP contribution in [0.1, 0.15) is 120 Å². The highest BCUT2D eigenvalue weighted by Gasteiger charge is 2.33. The monoisotopic (exact) mass is 888 g/mol. The van der Waals surface area contributed by atoms with Crippen molar-refractivity contribution in [1.82, 2.24) is 20.0 Å². The van der Waals surface area contributed by atoms with Gasteiger partial charge in [-0.15, -0.1) is 11.8 Å². The molecule has 2 N–H and O–H groups in total. The molecule has 0 aliphatic carbocycles. The number of hydrogen-bond acceptors (Lipinski definition) is 10. The molecule has 3 rings (SSSR count). The highest BCUT2D eigenvalue weighted by Crippen LogP contribution is 2.33. The van der Waals surface area contributed by atoms with E-state index in [9.17, 15) is 29.1 Å². The van der Waals surface area contributed by atoms with E-state index in [-0.39, 0.29) is 48.8 Å². The number of thioether (sulfide) groups is 1. The van der Waals surface area contributed by atoms with Gasteiger partial charge in [0.1, 0.15) is 24.4 Å². The maximum atomic E-state index is 13.4. The lowest BCUT2D eigenvalue weighted by molar-refractivity contribution is -0.158. The van der Waals surface area contributed by atoms with Crippen molar-refractivity contribution in [2.45, 2.75) is 146 Å². The number of likely N-dealkylation sites (N-methyl/N-ethyl adjacent to an activating group) is 2. The van der Waals surface area contributed by atoms with Crippen LogP contribution >= 0.6 is 11.8 Å². The normalized spacial score (nSPS) is 25.6. The van der Waals surface area contributed by atoms with E-state index in [2.05, 4.69) is 53.8 Å². The van der Waals surface area contributed by atoms with Crippen LogP contribution in [0.15, 0.2) is 40.9 Å². The Labute approximate surface area is 378 Å². The number of unbranched alkanes of at least 4 members (excludes halogenated alkanes) is 1. The number of methoxy groups -OCH3 is 1. The van der Waals surface area contributed by atoms with Crippen LogP contribution in [0.2, 0.25) is 0 Å². The van der Waals surface area contributed by atoms with Gasteiger partial charge in [-0.2, -0.15) is 0 Å². The Morgan fingerprint density at radius 2 is 1.55 bits per heavy atom. The maximum absolute atomic E-state index is 13.4. The molecule has 4 amide bonds. The fourth-order valence-electron chi connectivity index (χ4n) is 6.97. The zero-order valence-electron chi connectivity index (χ0n) is 40.7. The number of aliphatic imine (C=N–C) groups is 1. The minimum absolute atomic E-state index is 0.000160. The number of aliphatic hydroxyl groups excluding tert-OH is 1. The van der Waals surface area contributed by atoms with Crippen molar-refractivity contribution >= 4 is 46.4 Å². The number of esters is 1. The van der Waals surface area contributed by atoms with E-state index in [1.165, 1.54) is 47.2 Å². The summed E-state index contributed by atoms with van der Waals surface area (Å²) >= 11 is 1.56. The number of rotatable bonds is 6. The van der Waals surface area contributed by atoms with Crippen molar-refractivity contribution in [3.63, 3.8) is 0 Å². The number of carbonyl (C=O) groups excluding carboxylic acids is 5. The summed E-state index contributed by atoms with van der Waals surface area (Å²) in [5, 5.41) is 14.7. The second kappa shape index (κ2) is 28.0. The van der Waals surface area contributed by atoms with Crippen molar-refractivity contribution in [3.05, 3.63) is 41.5 Å². The number of cyclic esters (lactones) is 1. The van der Waals surface area contributed by atoms with Crippen molar-refractivity contribution in [3.8, 4) is 5.75 Å². The molecule has 0 fully saturated rings. The number of ether oxygens (including phenoxy) is 2. The van der Waals surface area contributed by atoms with Crippen LogP contribution in [-0.4, -0.2) is 132 Å². The first-order chi connectivity index (χ1) is 29.0. The topological polar surface area (TPSA) is 158 Å². The molecule has 14 heteroatoms. The Balaban J connectivity index is 0.00000126. The number of nitrogens with one attached hydrogen (secondary N) is 1. The summed E-state index contributed by atoms with van der Waals surface area (Å²) in [6.45, 7) is 23.5. The average molecular weight is 888 g/mol. The molecule has 7 atom stereocenters. The standard InChI is InChI=1S/C36H61N5O7S.C8H10O.C4H10/c1-12-13-41-20-32(45)48-29(24(4)17-36(7,8)9)15-22(2)14-28(42)25(5)34-38-27(21-49-34)16-23(3)33(46)37-18-30(43)40(11)26(6)35(47)39(10)19-31(41)44;1-7-3-5-8(9-2)6-4-7;1-3-4-2/h16,22,24-29,42H,12-15,17-21H2,1-11H3,(H,37,46);3-6H,1-2H3;3-4H2,1-2H3/b23-16+;;/t22-,24?,25?,26-,27?,28?,29?;;/m0../s1. The fraction of sp³-hybridized carbons (Fsp3) is 0.708. The molecule has 0 aromatic heterocycles. The van der Waals surface area contributed by atoms with Crippen LogP contribution in [-0.2, 0) is 28.7 Å². The van der Waals surface area contributed by atoms with Gasteiger partial charge < -0.3 is 34.6 Å². The first-order valence-electron chi connectivity index (χ1n) is 22.4. The number of aryl methyl sites for hydroxylation is 1. The summed E-state index contributed by atoms with van der Waals surface area (Å²) in [4.78, 5) is 74.5. The van der Waals surface area contributed by atoms with Gasteiger partial charge in [-0.05, 0) is 75.8 Å². The summed E-state index contributed by atoms with van der Waals surface area (Å²) in [6, 6.07) is 6.82. The lowest BCUT2D eigenvalue weighted by atomic mass is 9.80. The number of amides is 4. The number of benzene rings is 1. The van der Waals surface area contributed by atoms with Crippen LogP contribution < -0.4 is 10.1 Å². The highest BCUT2D eigenvalue weighted by atomic mass is 32.2. The summed E-state index contributed by atoms with van der Waals surface area (Å²) in [7, 11) is 4.63. The predicted molar refractivity (Wildman–Crippen MR) is 252 cm³/mol. The third kappa shape index (κ3) is 20.5. The molecular formula is C48H81N5O8S. The van der Waals surface area contributed by atoms with E-state index in [4.69, 9.17) is 14.5 Å². The van der Waals surface area contributed by atoms with Gasteiger partial charge in [0, 0.05) is 37.9 Å². The van der Waals surface area contributed by atoms with Crippen LogP contribution in [0.3, 0.4) is 0 Å². The van der Waals surface area contributed by atoms with E-state index in [0.29, 0.717) is 37.1 Å². The Morgan fingerprint density at radius 3 is 2.10 bits per heavy atom. The molecule has 5 unspecified atom stereocenters. The highest BCUT2D eigenvalue weighted by molar-refractivity contribution is 8.14. The van der Waals surface area contributed by atoms with Crippen LogP contribution in [0, 0.1) is 30.1 Å². The smallest absolute Gasteiger partial charge is 0.325 e. The Bertz CT molecular complexity index is 1630. The summed E-state index contributed by atoms with van der Waals surface area (Å²) in [6.07, 6.45) is 5.78. The van der Waals surface area contributed by atoms with Gasteiger partial charge in [-0.3, -0.25) is 29.0 Å². The number of hydrogen-bond donors (Lipinski definition) is 2. The minimum atomic E-state index is -0.898. The first kappa shape index (κ1) is 56.1. The zero-order chi connectivity index (χ0) is 47.3. The van der Waals surface area contributed by atoms with Gasteiger partial charge in [0.15, 0.2) is 0 Å². The molecule has 2 aliphatic rings. The largest absolute Gasteiger partial charge is 0.497 e. The molecule has 2 bridgehead atoms. The van der Waals surface area contributed by atoms with Gasteiger partial charge in [0.2, 0.25) is 23.6 Å². The molecule has 0 saturated heterocycles. The Kier molecular flexibility index (Phi) is 25.3. The van der Waals surface area contributed by atoms with Gasteiger partial charge in [0.05, 0.1) is 37.4 Å². The number of carbonyl (C=O) groups is 5. The molecule has 0 spiro atoms. The van der Waals surface area contributed by atoms with E-state index >= 15 is 0 Å². The third-order valence-electron chi connectivity index (χ3n) is 11.0. The quantitative estimate of drug-likeness (QED) is 0.279. The maximum Gasteiger partial charge on any atom is 0.325 e. The fourth-order valence-corrected chi connectivity index (χ4v) is 8.12. The van der Waals surface area contributed by atoms with Crippen LogP contribution in [0.5, 0.6) is 5.75 Å². The Hall–Kier alpha value is -3.91. The summed E-state index contributed by atoms with van der Waals surface area (Å²) in [5.41, 5.74) is 1.68. The second-order valence-electron chi connectivity index (χ2n) is 18.3. The van der Waals surface area contributed by atoms with Crippen molar-refractivity contribution in [1.29, 1.82) is 0 Å². The molecule has 0 saturated carbocycles. The number of nitrogens with zero attached hydrogens (tertiary/aromatic N) is 4. The zero-order valence-corrected chi connectivity index (χ0v) is 41.5. The first-order valence-corrected chi connectivity index (χ1v) is 23.4. The number of fused-ring (bicyclic) bond motifs is 1. The molecule has 13 nitrogen and oxygen atoms in total. The molecule has 352 valence electrons. The van der Waals surface area contributed by atoms with Gasteiger partial charge >= 0.3 is 5.97 Å². The van der Waals surface area contributed by atoms with Gasteiger partial charge in [-0.25, -0.2) is 0 Å². The summed E-state index contributed by atoms with van der Waals surface area (Å²) < 4.78 is 11.1. The van der Waals surface area contributed by atoms with E-state index in [1.54, 1.807) is 38.8 Å². The minimum Gasteiger partial charge on any atom is -0.497 e. The predicted octanol–water partition coefficient (Wildman–Crippen LogP) is 7.33. The van der Waals surface area contributed by atoms with Crippen molar-refractivity contribution in [2.24, 2.45) is 28.2 Å². The number of aliphatic hydroxyl groups is 1. The molecule has 1 aromatic carbocycles. The SMILES string of the molecule is CCCC.CCCN1CC(=O)OC(C(C)CC(C)(C)C)C[C@@H](C)CC(O)C(C)C2=NC(/C=C(\C)C(=O)NCC(=O)N(C)[C@@H](C)C(=O)N(C)CC1=O)CS2.COc1ccc(C)cc1. The molecule has 62 heavy (non-hydrogen) atoms. The van der Waals surface area contributed by atoms with Gasteiger partial charge in [-0.1, -0.05) is 98.9 Å². The van der Waals surface area contributed by atoms with Crippen LogP contribution in [0.25, 0.3) is 0 Å². The molecule has 1 aromatic rings. The average Bonchev–Trinajstić information content (AvgIpc) is 3.68. The molecule has 2 heterocycles. The van der Waals surface area contributed by atoms with Crippen molar-refractivity contribution in [2.75, 3.05) is 53.1 Å². The summed E-state index contributed by atoms with van der Waals surface area (Å²) in [5.74, 6) is -0.850. The molecule has 0 radical (unpaired) electrons. The van der Waals surface area contributed by atoms with E-state index < -0.39 is 47.8 Å². The second-order valence-corrected chi connectivity index (χ2v) is 19.3. The van der Waals surface area contributed by atoms with E-state index in [1.807, 2.05) is 45.0 Å². The molecule has 2 aliphatic heterocycles. The molecular weight excluding hydrogens is 807 g/mol. The van der Waals surface area contributed by atoms with Gasteiger partial charge in [0.25, 0.3) is 0 Å². The van der Waals surface area contributed by atoms with E-state index in [0.717, 1.165) is 17.2 Å². The lowest BCUT2D eigenvalue weighted by Crippen LogP contribution is -2.51. The van der Waals surface area contributed by atoms with Crippen molar-refractivity contribution < 1.29 is 38.6 Å². The lowest BCUT2D eigenvalue weighted by Gasteiger charge is -2.33. The Morgan fingerprint density at radius 1 is 0.935 bits per heavy atom. The van der Waals surface area contributed by atoms with Crippen LogP contribution in [0.4, 0.5) is 0 Å². The third-order valence-corrected chi connectivity index (χ3v) is 12.3.